The Labute approximate surface area is 164 Å². The van der Waals surface area contributed by atoms with E-state index in [1.807, 2.05) is 49.4 Å². The van der Waals surface area contributed by atoms with Crippen molar-refractivity contribution in [2.24, 2.45) is 11.0 Å². The number of hydrazone groups is 1. The molecule has 0 aliphatic rings. The van der Waals surface area contributed by atoms with E-state index >= 15 is 0 Å². The third kappa shape index (κ3) is 4.52. The van der Waals surface area contributed by atoms with Gasteiger partial charge in [-0.1, -0.05) is 67.9 Å². The van der Waals surface area contributed by atoms with Gasteiger partial charge in [0.1, 0.15) is 0 Å². The Morgan fingerprint density at radius 1 is 1.15 bits per heavy atom. The number of carbonyl (C=O) groups is 1. The van der Waals surface area contributed by atoms with Crippen molar-refractivity contribution in [1.29, 1.82) is 0 Å². The first kappa shape index (κ1) is 19.1. The van der Waals surface area contributed by atoms with Crippen LogP contribution >= 0.6 is 11.6 Å². The minimum atomic E-state index is -0.273. The number of halogens is 1. The lowest BCUT2D eigenvalue weighted by Gasteiger charge is -2.10. The van der Waals surface area contributed by atoms with E-state index in [0.717, 1.165) is 17.7 Å². The maximum absolute atomic E-state index is 12.9. The summed E-state index contributed by atoms with van der Waals surface area (Å²) in [6.45, 7) is 6.15. The first-order valence-electron chi connectivity index (χ1n) is 8.94. The van der Waals surface area contributed by atoms with Crippen molar-refractivity contribution >= 4 is 34.1 Å². The molecular formula is C22H22ClN3O. The maximum atomic E-state index is 12.9. The van der Waals surface area contributed by atoms with Gasteiger partial charge in [0, 0.05) is 16.7 Å². The minimum Gasteiger partial charge on any atom is -0.267 e. The van der Waals surface area contributed by atoms with Crippen molar-refractivity contribution in [3.05, 3.63) is 65.2 Å². The van der Waals surface area contributed by atoms with Crippen LogP contribution < -0.4 is 5.43 Å². The number of hydrogen-bond donors (Lipinski definition) is 1. The van der Waals surface area contributed by atoms with Crippen LogP contribution in [0.25, 0.3) is 22.2 Å². The van der Waals surface area contributed by atoms with E-state index in [0.29, 0.717) is 33.1 Å². The second-order valence-electron chi connectivity index (χ2n) is 6.94. The first-order chi connectivity index (χ1) is 13.0. The summed E-state index contributed by atoms with van der Waals surface area (Å²) in [5.41, 5.74) is 6.29. The van der Waals surface area contributed by atoms with Gasteiger partial charge in [0.15, 0.2) is 0 Å². The molecule has 3 aromatic rings. The number of fused-ring (bicyclic) bond motifs is 1. The highest BCUT2D eigenvalue weighted by molar-refractivity contribution is 6.35. The third-order valence-electron chi connectivity index (χ3n) is 4.16. The van der Waals surface area contributed by atoms with Crippen molar-refractivity contribution in [1.82, 2.24) is 10.4 Å². The maximum Gasteiger partial charge on any atom is 0.272 e. The Morgan fingerprint density at radius 3 is 2.59 bits per heavy atom. The van der Waals surface area contributed by atoms with Gasteiger partial charge in [0.05, 0.1) is 21.8 Å². The van der Waals surface area contributed by atoms with Gasteiger partial charge < -0.3 is 0 Å². The summed E-state index contributed by atoms with van der Waals surface area (Å²) in [6, 6.07) is 17.0. The molecule has 0 bridgehead atoms. The Hall–Kier alpha value is -2.72. The van der Waals surface area contributed by atoms with Crippen LogP contribution in [-0.2, 0) is 0 Å². The predicted molar refractivity (Wildman–Crippen MR) is 112 cm³/mol. The van der Waals surface area contributed by atoms with Crippen molar-refractivity contribution in [2.45, 2.75) is 27.2 Å². The fourth-order valence-electron chi connectivity index (χ4n) is 3.00. The summed E-state index contributed by atoms with van der Waals surface area (Å²) in [4.78, 5) is 17.5. The van der Waals surface area contributed by atoms with Gasteiger partial charge in [0.2, 0.25) is 0 Å². The molecule has 0 fully saturated rings. The summed E-state index contributed by atoms with van der Waals surface area (Å²) in [5, 5.41) is 5.45. The Bertz CT molecular complexity index is 997. The molecule has 0 saturated carbocycles. The molecule has 2 aromatic carbocycles. The highest BCUT2D eigenvalue weighted by Crippen LogP contribution is 2.29. The van der Waals surface area contributed by atoms with E-state index < -0.39 is 0 Å². The van der Waals surface area contributed by atoms with Crippen LogP contribution in [0, 0.1) is 5.92 Å². The zero-order valence-electron chi connectivity index (χ0n) is 15.7. The average molecular weight is 380 g/mol. The highest BCUT2D eigenvalue weighted by atomic mass is 35.5. The van der Waals surface area contributed by atoms with Crippen LogP contribution in [0.2, 0.25) is 5.02 Å². The average Bonchev–Trinajstić information content (AvgIpc) is 2.66. The second kappa shape index (κ2) is 8.31. The number of para-hydroxylation sites is 1. The molecule has 0 aliphatic carbocycles. The summed E-state index contributed by atoms with van der Waals surface area (Å²) in [7, 11) is 0. The zero-order chi connectivity index (χ0) is 19.4. The number of aromatic nitrogens is 1. The summed E-state index contributed by atoms with van der Waals surface area (Å²) < 4.78 is 0. The standard InChI is InChI=1S/C22H22ClN3O/c1-14(2)12-15(3)25-26-22(27)18-13-20(16-8-5-4-6-9-16)24-21-17(18)10-7-11-19(21)23/h4-11,13-14H,12H2,1-3H3,(H,26,27). The molecule has 138 valence electrons. The van der Waals surface area contributed by atoms with E-state index in [1.54, 1.807) is 12.1 Å². The van der Waals surface area contributed by atoms with E-state index in [-0.39, 0.29) is 5.91 Å². The number of carbonyl (C=O) groups excluding carboxylic acids is 1. The molecule has 0 spiro atoms. The molecule has 0 radical (unpaired) electrons. The predicted octanol–water partition coefficient (Wildman–Crippen LogP) is 5.71. The van der Waals surface area contributed by atoms with Gasteiger partial charge in [-0.2, -0.15) is 5.10 Å². The van der Waals surface area contributed by atoms with E-state index in [4.69, 9.17) is 11.6 Å². The molecule has 0 atom stereocenters. The molecule has 27 heavy (non-hydrogen) atoms. The lowest BCUT2D eigenvalue weighted by Crippen LogP contribution is -2.20. The zero-order valence-corrected chi connectivity index (χ0v) is 16.4. The number of nitrogens with zero attached hydrogens (tertiary/aromatic N) is 2. The molecule has 0 saturated heterocycles. The molecular weight excluding hydrogens is 358 g/mol. The van der Waals surface area contributed by atoms with E-state index in [9.17, 15) is 4.79 Å². The van der Waals surface area contributed by atoms with Crippen LogP contribution in [0.3, 0.4) is 0 Å². The van der Waals surface area contributed by atoms with Gasteiger partial charge in [-0.25, -0.2) is 10.4 Å². The van der Waals surface area contributed by atoms with Gasteiger partial charge >= 0.3 is 0 Å². The molecule has 3 rings (SSSR count). The molecule has 0 unspecified atom stereocenters. The minimum absolute atomic E-state index is 0.273. The molecule has 1 amide bonds. The fourth-order valence-corrected chi connectivity index (χ4v) is 3.22. The number of amides is 1. The molecule has 0 aliphatic heterocycles. The smallest absolute Gasteiger partial charge is 0.267 e. The van der Waals surface area contributed by atoms with Crippen LogP contribution in [0.5, 0.6) is 0 Å². The quantitative estimate of drug-likeness (QED) is 0.456. The van der Waals surface area contributed by atoms with Crippen LogP contribution in [0.1, 0.15) is 37.6 Å². The molecule has 1 heterocycles. The van der Waals surface area contributed by atoms with E-state index in [1.165, 1.54) is 0 Å². The van der Waals surface area contributed by atoms with Crippen LogP contribution in [-0.4, -0.2) is 16.6 Å². The van der Waals surface area contributed by atoms with E-state index in [2.05, 4.69) is 29.4 Å². The SMILES string of the molecule is CC(CC(C)C)=NNC(=O)c1cc(-c2ccccc2)nc2c(Cl)cccc12. The highest BCUT2D eigenvalue weighted by Gasteiger charge is 2.15. The lowest BCUT2D eigenvalue weighted by atomic mass is 10.0. The molecule has 1 N–H and O–H groups in total. The number of pyridine rings is 1. The summed E-state index contributed by atoms with van der Waals surface area (Å²) in [6.07, 6.45) is 0.832. The Morgan fingerprint density at radius 2 is 1.89 bits per heavy atom. The summed E-state index contributed by atoms with van der Waals surface area (Å²) in [5.74, 6) is 0.209. The molecule has 1 aromatic heterocycles. The van der Waals surface area contributed by atoms with Gasteiger partial charge in [-0.3, -0.25) is 4.79 Å². The number of benzene rings is 2. The molecule has 5 heteroatoms. The Kier molecular flexibility index (Phi) is 5.87. The van der Waals surface area contributed by atoms with Gasteiger partial charge in [0.25, 0.3) is 5.91 Å². The monoisotopic (exact) mass is 379 g/mol. The topological polar surface area (TPSA) is 54.4 Å². The number of hydrogen-bond acceptors (Lipinski definition) is 3. The van der Waals surface area contributed by atoms with Crippen molar-refractivity contribution < 1.29 is 4.79 Å². The van der Waals surface area contributed by atoms with Gasteiger partial charge in [-0.15, -0.1) is 0 Å². The third-order valence-corrected chi connectivity index (χ3v) is 4.46. The first-order valence-corrected chi connectivity index (χ1v) is 9.31. The normalized spacial score (nSPS) is 11.8. The largest absolute Gasteiger partial charge is 0.272 e. The van der Waals surface area contributed by atoms with Crippen molar-refractivity contribution in [3.63, 3.8) is 0 Å². The van der Waals surface area contributed by atoms with Crippen LogP contribution in [0.15, 0.2) is 59.7 Å². The number of nitrogens with one attached hydrogen (secondary N) is 1. The second-order valence-corrected chi connectivity index (χ2v) is 7.35. The Balaban J connectivity index is 2.05. The van der Waals surface area contributed by atoms with Crippen molar-refractivity contribution in [3.8, 4) is 11.3 Å². The lowest BCUT2D eigenvalue weighted by molar-refractivity contribution is 0.0956. The fraction of sp³-hybridized carbons (Fsp3) is 0.227. The van der Waals surface area contributed by atoms with Gasteiger partial charge in [-0.05, 0) is 31.4 Å². The van der Waals surface area contributed by atoms with Crippen LogP contribution in [0.4, 0.5) is 0 Å². The summed E-state index contributed by atoms with van der Waals surface area (Å²) >= 11 is 6.36. The van der Waals surface area contributed by atoms with Crippen molar-refractivity contribution in [2.75, 3.05) is 0 Å². The molecule has 4 nitrogen and oxygen atoms in total. The number of rotatable bonds is 5.